The van der Waals surface area contributed by atoms with Crippen molar-refractivity contribution in [2.75, 3.05) is 6.54 Å². The van der Waals surface area contributed by atoms with Crippen molar-refractivity contribution in [3.05, 3.63) is 0 Å². The molecule has 0 radical (unpaired) electrons. The highest BCUT2D eigenvalue weighted by Gasteiger charge is 1.97. The lowest BCUT2D eigenvalue weighted by molar-refractivity contribution is 0.539. The smallest absolute Gasteiger partial charge is 0.236 e. The number of hydrogen-bond donors (Lipinski definition) is 2. The van der Waals surface area contributed by atoms with E-state index in [0.717, 1.165) is 25.7 Å². The van der Waals surface area contributed by atoms with Crippen LogP contribution in [-0.2, 0) is 4.79 Å². The minimum atomic E-state index is -0.370. The van der Waals surface area contributed by atoms with Crippen LogP contribution in [0.5, 0.6) is 0 Å². The van der Waals surface area contributed by atoms with Crippen molar-refractivity contribution in [1.29, 1.82) is 0 Å². The van der Waals surface area contributed by atoms with Gasteiger partial charge in [-0.1, -0.05) is 6.42 Å². The molecule has 0 aromatic rings. The Morgan fingerprint density at radius 3 is 2.64 bits per heavy atom. The lowest BCUT2D eigenvalue weighted by Gasteiger charge is -2.02. The van der Waals surface area contributed by atoms with Crippen molar-refractivity contribution >= 4 is 6.08 Å². The van der Waals surface area contributed by atoms with Crippen LogP contribution in [0.1, 0.15) is 25.7 Å². The SMILES string of the molecule is NCCCCCC(N)N=C=O. The van der Waals surface area contributed by atoms with E-state index in [1.54, 1.807) is 0 Å². The molecule has 0 saturated heterocycles. The zero-order valence-electron chi connectivity index (χ0n) is 6.62. The molecular weight excluding hydrogens is 142 g/mol. The van der Waals surface area contributed by atoms with Crippen molar-refractivity contribution in [3.63, 3.8) is 0 Å². The molecule has 0 aliphatic carbocycles. The van der Waals surface area contributed by atoms with E-state index in [1.807, 2.05) is 0 Å². The predicted molar refractivity (Wildman–Crippen MR) is 43.6 cm³/mol. The predicted octanol–water partition coefficient (Wildman–Crippen LogP) is 0.126. The summed E-state index contributed by atoms with van der Waals surface area (Å²) in [6, 6.07) is 0. The summed E-state index contributed by atoms with van der Waals surface area (Å²) in [7, 11) is 0. The highest BCUT2D eigenvalue weighted by Crippen LogP contribution is 2.01. The number of nitrogens with two attached hydrogens (primary N) is 2. The second-order valence-corrected chi connectivity index (χ2v) is 2.43. The number of nitrogens with zero attached hydrogens (tertiary/aromatic N) is 1. The molecule has 0 aliphatic heterocycles. The number of hydrogen-bond acceptors (Lipinski definition) is 4. The van der Waals surface area contributed by atoms with E-state index in [4.69, 9.17) is 11.5 Å². The Morgan fingerprint density at radius 1 is 1.36 bits per heavy atom. The summed E-state index contributed by atoms with van der Waals surface area (Å²) in [4.78, 5) is 13.1. The Kier molecular flexibility index (Phi) is 6.94. The van der Waals surface area contributed by atoms with E-state index in [1.165, 1.54) is 6.08 Å². The van der Waals surface area contributed by atoms with Crippen LogP contribution in [0.15, 0.2) is 4.99 Å². The number of isocyanates is 1. The summed E-state index contributed by atoms with van der Waals surface area (Å²) >= 11 is 0. The second kappa shape index (κ2) is 7.41. The van der Waals surface area contributed by atoms with Crippen molar-refractivity contribution in [2.45, 2.75) is 31.8 Å². The number of rotatable bonds is 6. The fourth-order valence-electron chi connectivity index (χ4n) is 0.807. The molecule has 0 spiro atoms. The van der Waals surface area contributed by atoms with Crippen LogP contribution in [0.2, 0.25) is 0 Å². The quantitative estimate of drug-likeness (QED) is 0.326. The normalized spacial score (nSPS) is 12.2. The monoisotopic (exact) mass is 157 g/mol. The van der Waals surface area contributed by atoms with Gasteiger partial charge in [-0.3, -0.25) is 0 Å². The van der Waals surface area contributed by atoms with Gasteiger partial charge in [0.15, 0.2) is 0 Å². The molecule has 4 N–H and O–H groups in total. The van der Waals surface area contributed by atoms with Gasteiger partial charge in [-0.15, -0.1) is 0 Å². The highest BCUT2D eigenvalue weighted by atomic mass is 16.1. The molecule has 64 valence electrons. The topological polar surface area (TPSA) is 81.5 Å². The molecule has 0 fully saturated rings. The van der Waals surface area contributed by atoms with Crippen LogP contribution in [0.4, 0.5) is 0 Å². The third kappa shape index (κ3) is 7.19. The third-order valence-electron chi connectivity index (χ3n) is 1.42. The van der Waals surface area contributed by atoms with E-state index < -0.39 is 0 Å². The van der Waals surface area contributed by atoms with Crippen LogP contribution in [0.3, 0.4) is 0 Å². The van der Waals surface area contributed by atoms with Gasteiger partial charge < -0.3 is 11.5 Å². The average Bonchev–Trinajstić information content (AvgIpc) is 1.99. The van der Waals surface area contributed by atoms with Crippen molar-refractivity contribution in [3.8, 4) is 0 Å². The molecule has 4 heteroatoms. The molecule has 0 saturated carbocycles. The molecule has 0 aromatic heterocycles. The summed E-state index contributed by atoms with van der Waals surface area (Å²) in [5.74, 6) is 0. The molecule has 0 rings (SSSR count). The number of aliphatic imine (C=N–C) groups is 1. The summed E-state index contributed by atoms with van der Waals surface area (Å²) in [6.45, 7) is 0.714. The number of carbonyl (C=O) groups excluding carboxylic acids is 1. The zero-order chi connectivity index (χ0) is 8.53. The van der Waals surface area contributed by atoms with Crippen LogP contribution in [-0.4, -0.2) is 18.8 Å². The standard InChI is InChI=1S/C7H15N3O/c8-5-3-1-2-4-7(9)10-6-11/h7H,1-5,8-9H2. The van der Waals surface area contributed by atoms with Gasteiger partial charge in [-0.05, 0) is 25.8 Å². The van der Waals surface area contributed by atoms with Gasteiger partial charge in [-0.2, -0.15) is 4.99 Å². The summed E-state index contributed by atoms with van der Waals surface area (Å²) in [6.07, 6.45) is 4.85. The minimum Gasteiger partial charge on any atom is -0.330 e. The second-order valence-electron chi connectivity index (χ2n) is 2.43. The lowest BCUT2D eigenvalue weighted by atomic mass is 10.2. The maximum Gasteiger partial charge on any atom is 0.236 e. The Balaban J connectivity index is 3.17. The Morgan fingerprint density at radius 2 is 2.09 bits per heavy atom. The first-order chi connectivity index (χ1) is 5.31. The van der Waals surface area contributed by atoms with Crippen molar-refractivity contribution in [2.24, 2.45) is 16.5 Å². The first-order valence-electron chi connectivity index (χ1n) is 3.84. The van der Waals surface area contributed by atoms with Crippen LogP contribution in [0.25, 0.3) is 0 Å². The molecule has 0 aliphatic rings. The van der Waals surface area contributed by atoms with E-state index in [0.29, 0.717) is 6.54 Å². The molecule has 4 nitrogen and oxygen atoms in total. The van der Waals surface area contributed by atoms with Gasteiger partial charge in [0.25, 0.3) is 0 Å². The maximum atomic E-state index is 9.71. The summed E-state index contributed by atoms with van der Waals surface area (Å²) in [5, 5.41) is 0. The van der Waals surface area contributed by atoms with Gasteiger partial charge in [0.05, 0.1) is 0 Å². The molecule has 11 heavy (non-hydrogen) atoms. The largest absolute Gasteiger partial charge is 0.330 e. The minimum absolute atomic E-state index is 0.370. The van der Waals surface area contributed by atoms with E-state index in [2.05, 4.69) is 4.99 Å². The first kappa shape index (κ1) is 10.3. The van der Waals surface area contributed by atoms with Crippen LogP contribution < -0.4 is 11.5 Å². The molecule has 1 unspecified atom stereocenters. The fraction of sp³-hybridized carbons (Fsp3) is 0.857. The molecule has 0 bridgehead atoms. The summed E-state index contributed by atoms with van der Waals surface area (Å²) in [5.41, 5.74) is 10.7. The lowest BCUT2D eigenvalue weighted by Crippen LogP contribution is -2.16. The van der Waals surface area contributed by atoms with Crippen LogP contribution >= 0.6 is 0 Å². The molecule has 0 amide bonds. The van der Waals surface area contributed by atoms with Gasteiger partial charge >= 0.3 is 0 Å². The van der Waals surface area contributed by atoms with E-state index >= 15 is 0 Å². The van der Waals surface area contributed by atoms with Gasteiger partial charge in [0.1, 0.15) is 6.17 Å². The zero-order valence-corrected chi connectivity index (χ0v) is 6.62. The Hall–Kier alpha value is -0.700. The molecule has 1 atom stereocenters. The van der Waals surface area contributed by atoms with Gasteiger partial charge in [0.2, 0.25) is 6.08 Å². The van der Waals surface area contributed by atoms with Crippen molar-refractivity contribution < 1.29 is 4.79 Å². The maximum absolute atomic E-state index is 9.71. The molecule has 0 aromatic carbocycles. The van der Waals surface area contributed by atoms with Gasteiger partial charge in [0, 0.05) is 0 Å². The Bertz CT molecular complexity index is 132. The fourth-order valence-corrected chi connectivity index (χ4v) is 0.807. The highest BCUT2D eigenvalue weighted by molar-refractivity contribution is 5.33. The number of unbranched alkanes of at least 4 members (excludes halogenated alkanes) is 2. The van der Waals surface area contributed by atoms with Crippen molar-refractivity contribution in [1.82, 2.24) is 0 Å². The molecular formula is C7H15N3O. The van der Waals surface area contributed by atoms with E-state index in [9.17, 15) is 4.79 Å². The first-order valence-corrected chi connectivity index (χ1v) is 3.84. The summed E-state index contributed by atoms with van der Waals surface area (Å²) < 4.78 is 0. The van der Waals surface area contributed by atoms with Crippen LogP contribution in [0, 0.1) is 0 Å². The van der Waals surface area contributed by atoms with Gasteiger partial charge in [-0.25, -0.2) is 4.79 Å². The third-order valence-corrected chi connectivity index (χ3v) is 1.42. The van der Waals surface area contributed by atoms with E-state index in [-0.39, 0.29) is 6.17 Å². The molecule has 0 heterocycles. The average molecular weight is 157 g/mol. The Labute approximate surface area is 66.7 Å².